The Balaban J connectivity index is 2.82. The summed E-state index contributed by atoms with van der Waals surface area (Å²) in [7, 11) is 0. The van der Waals surface area contributed by atoms with E-state index in [0.717, 1.165) is 12.8 Å². The molecule has 0 saturated carbocycles. The zero-order chi connectivity index (χ0) is 15.0. The first-order valence-electron chi connectivity index (χ1n) is 7.91. The molecule has 2 nitrogen and oxygen atoms in total. The summed E-state index contributed by atoms with van der Waals surface area (Å²) in [5.74, 6) is 0. The summed E-state index contributed by atoms with van der Waals surface area (Å²) in [4.78, 5) is 0. The van der Waals surface area contributed by atoms with Gasteiger partial charge in [-0.2, -0.15) is 0 Å². The fraction of sp³-hybridized carbons (Fsp3) is 0.667. The van der Waals surface area contributed by atoms with E-state index in [1.165, 1.54) is 18.4 Å². The molecule has 0 amide bonds. The minimum absolute atomic E-state index is 0.155. The van der Waals surface area contributed by atoms with E-state index in [9.17, 15) is 5.11 Å². The van der Waals surface area contributed by atoms with Crippen molar-refractivity contribution in [2.24, 2.45) is 5.41 Å². The average molecular weight is 277 g/mol. The van der Waals surface area contributed by atoms with Crippen molar-refractivity contribution in [3.63, 3.8) is 0 Å². The van der Waals surface area contributed by atoms with E-state index in [-0.39, 0.29) is 12.0 Å². The second-order valence-corrected chi connectivity index (χ2v) is 6.70. The van der Waals surface area contributed by atoms with Crippen molar-refractivity contribution in [1.82, 2.24) is 5.32 Å². The molecule has 0 spiro atoms. The van der Waals surface area contributed by atoms with E-state index in [1.807, 2.05) is 0 Å². The Morgan fingerprint density at radius 1 is 1.10 bits per heavy atom. The fourth-order valence-corrected chi connectivity index (χ4v) is 2.58. The number of nitrogens with one attached hydrogen (secondary N) is 1. The molecule has 1 aromatic carbocycles. The van der Waals surface area contributed by atoms with Gasteiger partial charge in [-0.25, -0.2) is 0 Å². The monoisotopic (exact) mass is 277 g/mol. The molecule has 0 saturated heterocycles. The second kappa shape index (κ2) is 8.43. The average Bonchev–Trinajstić information content (AvgIpc) is 2.42. The number of benzene rings is 1. The van der Waals surface area contributed by atoms with Crippen LogP contribution in [0.5, 0.6) is 0 Å². The lowest BCUT2D eigenvalue weighted by Crippen LogP contribution is -2.43. The molecular weight excluding hydrogens is 246 g/mol. The van der Waals surface area contributed by atoms with E-state index >= 15 is 0 Å². The maximum absolute atomic E-state index is 9.32. The van der Waals surface area contributed by atoms with Crippen LogP contribution in [-0.2, 0) is 0 Å². The van der Waals surface area contributed by atoms with Gasteiger partial charge < -0.3 is 10.4 Å². The molecular formula is C18H31NO. The van der Waals surface area contributed by atoms with Crippen LogP contribution < -0.4 is 5.32 Å². The third-order valence-electron chi connectivity index (χ3n) is 3.91. The topological polar surface area (TPSA) is 32.3 Å². The fourth-order valence-electron chi connectivity index (χ4n) is 2.58. The number of hydrogen-bond donors (Lipinski definition) is 2. The molecule has 2 atom stereocenters. The molecule has 20 heavy (non-hydrogen) atoms. The normalized spacial score (nSPS) is 15.1. The van der Waals surface area contributed by atoms with E-state index in [0.29, 0.717) is 12.1 Å². The summed E-state index contributed by atoms with van der Waals surface area (Å²) in [6.07, 6.45) is 4.39. The highest BCUT2D eigenvalue weighted by molar-refractivity contribution is 5.19. The number of aliphatic hydroxyl groups excluding tert-OH is 1. The first kappa shape index (κ1) is 17.2. The third kappa shape index (κ3) is 5.64. The molecule has 2 heteroatoms. The summed E-state index contributed by atoms with van der Waals surface area (Å²) in [5.41, 5.74) is 1.51. The first-order valence-corrected chi connectivity index (χ1v) is 7.91. The molecule has 1 aromatic rings. The van der Waals surface area contributed by atoms with Crippen molar-refractivity contribution < 1.29 is 5.11 Å². The van der Waals surface area contributed by atoms with Gasteiger partial charge in [-0.3, -0.25) is 0 Å². The van der Waals surface area contributed by atoms with Crippen molar-refractivity contribution >= 4 is 0 Å². The number of aliphatic hydroxyl groups is 1. The Morgan fingerprint density at radius 3 is 2.25 bits per heavy atom. The molecule has 0 aliphatic carbocycles. The molecule has 0 aliphatic rings. The van der Waals surface area contributed by atoms with Crippen LogP contribution in [0.1, 0.15) is 65.0 Å². The van der Waals surface area contributed by atoms with Gasteiger partial charge in [0.15, 0.2) is 0 Å². The van der Waals surface area contributed by atoms with E-state index < -0.39 is 0 Å². The molecule has 2 N–H and O–H groups in total. The molecule has 0 fully saturated rings. The SMILES string of the molecule is CCCCC(NC(CCO)C(C)(C)C)c1ccccc1. The van der Waals surface area contributed by atoms with Gasteiger partial charge in [-0.15, -0.1) is 0 Å². The van der Waals surface area contributed by atoms with E-state index in [1.54, 1.807) is 0 Å². The molecule has 0 heterocycles. The third-order valence-corrected chi connectivity index (χ3v) is 3.91. The van der Waals surface area contributed by atoms with Gasteiger partial charge in [0.05, 0.1) is 0 Å². The quantitative estimate of drug-likeness (QED) is 0.742. The molecule has 2 unspecified atom stereocenters. The minimum Gasteiger partial charge on any atom is -0.396 e. The Labute approximate surface area is 124 Å². The lowest BCUT2D eigenvalue weighted by atomic mass is 9.83. The molecule has 0 aromatic heterocycles. The Bertz CT molecular complexity index is 355. The number of rotatable bonds is 8. The van der Waals surface area contributed by atoms with Crippen LogP contribution in [0, 0.1) is 5.41 Å². The van der Waals surface area contributed by atoms with Gasteiger partial charge in [-0.1, -0.05) is 70.9 Å². The highest BCUT2D eigenvalue weighted by Gasteiger charge is 2.26. The predicted octanol–water partition coefficient (Wildman–Crippen LogP) is 4.30. The van der Waals surface area contributed by atoms with E-state index in [2.05, 4.69) is 63.3 Å². The van der Waals surface area contributed by atoms with E-state index in [4.69, 9.17) is 0 Å². The Kier molecular flexibility index (Phi) is 7.25. The predicted molar refractivity (Wildman–Crippen MR) is 86.8 cm³/mol. The Morgan fingerprint density at radius 2 is 1.75 bits per heavy atom. The molecule has 114 valence electrons. The van der Waals surface area contributed by atoms with Crippen LogP contribution in [-0.4, -0.2) is 17.8 Å². The van der Waals surface area contributed by atoms with Gasteiger partial charge in [-0.05, 0) is 23.8 Å². The van der Waals surface area contributed by atoms with Crippen LogP contribution in [0.4, 0.5) is 0 Å². The lowest BCUT2D eigenvalue weighted by Gasteiger charge is -2.35. The van der Waals surface area contributed by atoms with Crippen molar-refractivity contribution in [3.05, 3.63) is 35.9 Å². The van der Waals surface area contributed by atoms with Crippen molar-refractivity contribution in [2.45, 2.75) is 65.5 Å². The highest BCUT2D eigenvalue weighted by Crippen LogP contribution is 2.27. The summed E-state index contributed by atoms with van der Waals surface area (Å²) in [5, 5.41) is 13.1. The second-order valence-electron chi connectivity index (χ2n) is 6.70. The maximum atomic E-state index is 9.32. The van der Waals surface area contributed by atoms with Crippen LogP contribution in [0.3, 0.4) is 0 Å². The van der Waals surface area contributed by atoms with Crippen molar-refractivity contribution in [2.75, 3.05) is 6.61 Å². The largest absolute Gasteiger partial charge is 0.396 e. The molecule has 0 aliphatic heterocycles. The maximum Gasteiger partial charge on any atom is 0.0446 e. The van der Waals surface area contributed by atoms with Gasteiger partial charge in [0.1, 0.15) is 0 Å². The van der Waals surface area contributed by atoms with Crippen LogP contribution in [0.15, 0.2) is 30.3 Å². The lowest BCUT2D eigenvalue weighted by molar-refractivity contribution is 0.182. The van der Waals surface area contributed by atoms with Crippen molar-refractivity contribution in [1.29, 1.82) is 0 Å². The van der Waals surface area contributed by atoms with Gasteiger partial charge in [0, 0.05) is 18.7 Å². The molecule has 0 bridgehead atoms. The summed E-state index contributed by atoms with van der Waals surface area (Å²) in [6, 6.07) is 11.4. The van der Waals surface area contributed by atoms with Crippen LogP contribution in [0.25, 0.3) is 0 Å². The Hall–Kier alpha value is -0.860. The summed E-state index contributed by atoms with van der Waals surface area (Å²) >= 11 is 0. The van der Waals surface area contributed by atoms with Gasteiger partial charge in [0.25, 0.3) is 0 Å². The number of unbranched alkanes of at least 4 members (excludes halogenated alkanes) is 1. The molecule has 0 radical (unpaired) electrons. The first-order chi connectivity index (χ1) is 9.49. The van der Waals surface area contributed by atoms with Gasteiger partial charge >= 0.3 is 0 Å². The minimum atomic E-state index is 0.155. The smallest absolute Gasteiger partial charge is 0.0446 e. The van der Waals surface area contributed by atoms with Crippen LogP contribution >= 0.6 is 0 Å². The zero-order valence-electron chi connectivity index (χ0n) is 13.5. The highest BCUT2D eigenvalue weighted by atomic mass is 16.3. The summed E-state index contributed by atoms with van der Waals surface area (Å²) < 4.78 is 0. The summed E-state index contributed by atoms with van der Waals surface area (Å²) in [6.45, 7) is 9.19. The molecule has 1 rings (SSSR count). The van der Waals surface area contributed by atoms with Crippen LogP contribution in [0.2, 0.25) is 0 Å². The number of hydrogen-bond acceptors (Lipinski definition) is 2. The zero-order valence-corrected chi connectivity index (χ0v) is 13.5. The van der Waals surface area contributed by atoms with Crippen molar-refractivity contribution in [3.8, 4) is 0 Å². The van der Waals surface area contributed by atoms with Gasteiger partial charge in [0.2, 0.25) is 0 Å². The standard InChI is InChI=1S/C18H31NO/c1-5-6-12-16(15-10-8-7-9-11-15)19-17(13-14-20)18(2,3)4/h7-11,16-17,19-20H,5-6,12-14H2,1-4H3.